The molecule has 4 rings (SSSR count). The van der Waals surface area contributed by atoms with Crippen LogP contribution in [-0.2, 0) is 42.8 Å². The summed E-state index contributed by atoms with van der Waals surface area (Å²) in [7, 11) is 7.73. The van der Waals surface area contributed by atoms with Gasteiger partial charge in [-0.1, -0.05) is 46.8 Å². The number of oxazole rings is 3. The van der Waals surface area contributed by atoms with Crippen molar-refractivity contribution in [3.05, 3.63) is 48.7 Å². The summed E-state index contributed by atoms with van der Waals surface area (Å²) in [6.07, 6.45) is 6.55. The van der Waals surface area contributed by atoms with Gasteiger partial charge in [0.25, 0.3) is 0 Å². The number of hydrogen-bond donors (Lipinski definition) is 3. The number of nitrogens with zero attached hydrogens (tertiary/aromatic N) is 4. The number of methoxy groups -OCH3 is 4. The number of aromatic nitrogens is 3. The highest BCUT2D eigenvalue weighted by atomic mass is 16.6. The molecule has 6 bridgehead atoms. The maximum absolute atomic E-state index is 14.0. The molecule has 0 spiro atoms. The third-order valence-electron chi connectivity index (χ3n) is 12.8. The average molecular weight is 958 g/mol. The van der Waals surface area contributed by atoms with E-state index in [0.29, 0.717) is 24.9 Å². The summed E-state index contributed by atoms with van der Waals surface area (Å²) >= 11 is 0. The lowest BCUT2D eigenvalue weighted by molar-refractivity contribution is -0.160. The lowest BCUT2D eigenvalue weighted by Gasteiger charge is -2.34. The van der Waals surface area contributed by atoms with Crippen LogP contribution in [0.15, 0.2) is 50.4 Å². The van der Waals surface area contributed by atoms with Gasteiger partial charge in [0.1, 0.15) is 48.6 Å². The van der Waals surface area contributed by atoms with Crippen LogP contribution in [0.25, 0.3) is 29.2 Å². The Morgan fingerprint density at radius 2 is 1.66 bits per heavy atom. The summed E-state index contributed by atoms with van der Waals surface area (Å²) in [5.41, 5.74) is 6.34. The van der Waals surface area contributed by atoms with Gasteiger partial charge in [0.15, 0.2) is 11.4 Å². The molecule has 0 aromatic carbocycles. The number of aliphatic hydroxyl groups excluding tert-OH is 2. The Balaban J connectivity index is 1.62. The van der Waals surface area contributed by atoms with E-state index >= 15 is 0 Å². The molecule has 20 nitrogen and oxygen atoms in total. The number of aliphatic hydroxyl groups is 2. The lowest BCUT2D eigenvalue weighted by atomic mass is 9.84. The lowest BCUT2D eigenvalue weighted by Crippen LogP contribution is -2.39. The van der Waals surface area contributed by atoms with Crippen LogP contribution in [0.5, 0.6) is 0 Å². The molecule has 0 aliphatic carbocycles. The number of nitrogens with two attached hydrogens (primary N) is 1. The van der Waals surface area contributed by atoms with E-state index in [1.54, 1.807) is 40.7 Å². The highest BCUT2D eigenvalue weighted by molar-refractivity contribution is 5.81. The van der Waals surface area contributed by atoms with Crippen molar-refractivity contribution < 1.29 is 71.1 Å². The fourth-order valence-electron chi connectivity index (χ4n) is 8.78. The number of ketones is 1. The minimum absolute atomic E-state index is 0.00771. The van der Waals surface area contributed by atoms with Crippen molar-refractivity contribution in [2.45, 2.75) is 122 Å². The number of carbonyl (C=O) groups is 4. The molecule has 1 aliphatic heterocycles. The average Bonchev–Trinajstić information content (AvgIpc) is 4.11. The summed E-state index contributed by atoms with van der Waals surface area (Å²) in [5, 5.41) is 22.0. The van der Waals surface area contributed by atoms with Crippen molar-refractivity contribution in [2.75, 3.05) is 42.1 Å². The minimum atomic E-state index is -1.14. The first-order valence-corrected chi connectivity index (χ1v) is 22.9. The Kier molecular flexibility index (Phi) is 22.0. The zero-order chi connectivity index (χ0) is 50.1. The number of Topliss-reactive ketones (excluding diaryl/α,β-unsaturated/α-hetero) is 1. The normalized spacial score (nSPS) is 26.0. The van der Waals surface area contributed by atoms with Crippen LogP contribution in [0.2, 0.25) is 0 Å². The maximum Gasteiger partial charge on any atom is 0.404 e. The Hall–Kier alpha value is -5.25. The molecule has 0 fully saturated rings. The smallest absolute Gasteiger partial charge is 0.404 e. The first-order chi connectivity index (χ1) is 32.5. The summed E-state index contributed by atoms with van der Waals surface area (Å²) in [5.74, 6) is -2.59. The van der Waals surface area contributed by atoms with Crippen LogP contribution in [0.1, 0.15) is 97.3 Å². The van der Waals surface area contributed by atoms with Crippen molar-refractivity contribution in [1.82, 2.24) is 19.9 Å². The standard InChI is InChI=1S/C48H71N5O15/c1-27-18-32(67-48(49)59)20-43(58)68-41(21-40(61-8)28(2)14-15-37(56)30(4)44(62-9)29(3)16-17-53(6)26-55)31(5)39(60-7)12-11-13-42-50-35(24-64-42)46-52-36(25-66-46)47-51-34(23-65-47)45(63-10)33(22-54)38(57)19-27/h11,13,16-17,23-33,38-41,44-45,54,57H,12,14-15,18-22H2,1-10H3,(H2,49,59)/b13-11+,17-16+. The summed E-state index contributed by atoms with van der Waals surface area (Å²) in [4.78, 5) is 65.7. The zero-order valence-corrected chi connectivity index (χ0v) is 40.8. The van der Waals surface area contributed by atoms with Crippen LogP contribution < -0.4 is 5.73 Å². The predicted molar refractivity (Wildman–Crippen MR) is 246 cm³/mol. The molecule has 378 valence electrons. The van der Waals surface area contributed by atoms with Crippen LogP contribution in [-0.4, -0.2) is 133 Å². The van der Waals surface area contributed by atoms with Crippen molar-refractivity contribution in [3.8, 4) is 23.2 Å². The first kappa shape index (κ1) is 55.3. The molecule has 0 radical (unpaired) electrons. The van der Waals surface area contributed by atoms with E-state index in [9.17, 15) is 29.4 Å². The molecule has 1 aliphatic rings. The van der Waals surface area contributed by atoms with Gasteiger partial charge in [-0.15, -0.1) is 0 Å². The van der Waals surface area contributed by atoms with Gasteiger partial charge >= 0.3 is 12.1 Å². The van der Waals surface area contributed by atoms with Crippen molar-refractivity contribution in [2.24, 2.45) is 41.2 Å². The minimum Gasteiger partial charge on any atom is -0.462 e. The fraction of sp³-hybridized carbons (Fsp3) is 0.646. The highest BCUT2D eigenvalue weighted by Gasteiger charge is 2.37. The van der Waals surface area contributed by atoms with Gasteiger partial charge < -0.3 is 62.5 Å². The molecule has 0 saturated carbocycles. The second-order valence-corrected chi connectivity index (χ2v) is 17.8. The Morgan fingerprint density at radius 1 is 0.971 bits per heavy atom. The van der Waals surface area contributed by atoms with E-state index in [4.69, 9.17) is 47.4 Å². The maximum atomic E-state index is 14.0. The molecule has 0 saturated heterocycles. The molecular formula is C48H71N5O15. The third kappa shape index (κ3) is 15.6. The molecule has 68 heavy (non-hydrogen) atoms. The van der Waals surface area contributed by atoms with Crippen LogP contribution in [0.3, 0.4) is 0 Å². The first-order valence-electron chi connectivity index (χ1n) is 22.9. The van der Waals surface area contributed by atoms with Gasteiger partial charge in [-0.25, -0.2) is 19.7 Å². The molecule has 13 atom stereocenters. The number of primary amides is 1. The summed E-state index contributed by atoms with van der Waals surface area (Å²) < 4.78 is 52.2. The second-order valence-electron chi connectivity index (χ2n) is 17.8. The van der Waals surface area contributed by atoms with E-state index in [1.807, 2.05) is 46.8 Å². The molecule has 20 heteroatoms. The highest BCUT2D eigenvalue weighted by Crippen LogP contribution is 2.34. The number of fused-ring (bicyclic) bond motifs is 8. The Bertz CT molecular complexity index is 2080. The largest absolute Gasteiger partial charge is 0.462 e. The third-order valence-corrected chi connectivity index (χ3v) is 12.8. The number of hydrogen-bond acceptors (Lipinski definition) is 18. The van der Waals surface area contributed by atoms with Gasteiger partial charge in [0, 0.05) is 78.2 Å². The topological polar surface area (TPSA) is 271 Å². The van der Waals surface area contributed by atoms with Gasteiger partial charge in [0.2, 0.25) is 24.1 Å². The number of rotatable bonds is 18. The SMILES string of the molecule is COC(CC1OC(=O)CC(OC(N)=O)CC(C)CC(O)C(CO)C(OC)c2coc(n2)-c2coc(n2)-c2coc(n2)/C=C/CC(OC)C1C)C(C)CCC(=O)C(C)C(OC)C(C)/C=C/N(C)C=O. The van der Waals surface area contributed by atoms with E-state index in [2.05, 4.69) is 15.0 Å². The Morgan fingerprint density at radius 3 is 2.31 bits per heavy atom. The molecule has 4 N–H and O–H groups in total. The second kappa shape index (κ2) is 27.1. The predicted octanol–water partition coefficient (Wildman–Crippen LogP) is 6.17. The molecule has 4 heterocycles. The molecule has 13 unspecified atom stereocenters. The van der Waals surface area contributed by atoms with Crippen LogP contribution in [0.4, 0.5) is 4.79 Å². The van der Waals surface area contributed by atoms with E-state index in [1.165, 1.54) is 30.8 Å². The quantitative estimate of drug-likeness (QED) is 0.0949. The van der Waals surface area contributed by atoms with Gasteiger partial charge in [-0.3, -0.25) is 14.4 Å². The molecular weight excluding hydrogens is 887 g/mol. The number of ether oxygens (including phenoxy) is 6. The summed E-state index contributed by atoms with van der Waals surface area (Å²) in [6.45, 7) is 8.96. The van der Waals surface area contributed by atoms with E-state index in [-0.39, 0.29) is 84.7 Å². The molecule has 3 aromatic heterocycles. The number of cyclic esters (lactones) is 1. The van der Waals surface area contributed by atoms with Crippen molar-refractivity contribution in [3.63, 3.8) is 0 Å². The van der Waals surface area contributed by atoms with Crippen LogP contribution in [0, 0.1) is 35.5 Å². The van der Waals surface area contributed by atoms with Gasteiger partial charge in [0.05, 0.1) is 37.4 Å². The molecule has 2 amide bonds. The summed E-state index contributed by atoms with van der Waals surface area (Å²) in [6, 6.07) is 0. The Labute approximate surface area is 397 Å². The van der Waals surface area contributed by atoms with Crippen LogP contribution >= 0.6 is 0 Å². The fourth-order valence-corrected chi connectivity index (χ4v) is 8.78. The van der Waals surface area contributed by atoms with Crippen molar-refractivity contribution >= 4 is 30.3 Å². The van der Waals surface area contributed by atoms with Gasteiger partial charge in [-0.2, -0.15) is 0 Å². The molecule has 3 aromatic rings. The van der Waals surface area contributed by atoms with E-state index in [0.717, 1.165) is 0 Å². The van der Waals surface area contributed by atoms with Crippen molar-refractivity contribution in [1.29, 1.82) is 0 Å². The zero-order valence-electron chi connectivity index (χ0n) is 40.8. The van der Waals surface area contributed by atoms with E-state index < -0.39 is 79.2 Å². The number of carbonyl (C=O) groups excluding carboxylic acids is 4. The number of esters is 1. The number of amides is 2. The monoisotopic (exact) mass is 957 g/mol. The van der Waals surface area contributed by atoms with Gasteiger partial charge in [-0.05, 0) is 43.6 Å².